The predicted octanol–water partition coefficient (Wildman–Crippen LogP) is 11.5. The molecule has 0 amide bonds. The van der Waals surface area contributed by atoms with Gasteiger partial charge in [0.1, 0.15) is 6.61 Å². The number of carbonyl (C=O) groups is 2. The topological polar surface area (TPSA) is 155 Å². The van der Waals surface area contributed by atoms with E-state index in [-0.39, 0.29) is 32.6 Å². The van der Waals surface area contributed by atoms with Crippen LogP contribution in [0, 0.1) is 0 Å². The van der Waals surface area contributed by atoms with Crippen molar-refractivity contribution in [3.63, 3.8) is 0 Å². The highest BCUT2D eigenvalue weighted by atomic mass is 31.2. The number of rotatable bonds is 40. The molecule has 0 rings (SSSR count). The van der Waals surface area contributed by atoms with Gasteiger partial charge in [-0.2, -0.15) is 0 Å². The molecule has 0 aliphatic rings. The fourth-order valence-electron chi connectivity index (χ4n) is 5.73. The number of esters is 2. The van der Waals surface area contributed by atoms with Gasteiger partial charge in [-0.1, -0.05) is 158 Å². The number of unbranched alkanes of at least 4 members (excludes halogenated alkanes) is 16. The molecule has 0 radical (unpaired) electrons. The van der Waals surface area contributed by atoms with Gasteiger partial charge in [-0.3, -0.25) is 18.6 Å². The summed E-state index contributed by atoms with van der Waals surface area (Å²) >= 11 is 0. The highest BCUT2D eigenvalue weighted by molar-refractivity contribution is 7.47. The van der Waals surface area contributed by atoms with Gasteiger partial charge < -0.3 is 25.2 Å². The molecule has 0 aliphatic carbocycles. The molecule has 0 saturated heterocycles. The number of carbonyl (C=O) groups excluding carboxylic acids is 2. The Labute approximate surface area is 341 Å². The van der Waals surface area contributed by atoms with Crippen molar-refractivity contribution in [1.29, 1.82) is 0 Å². The molecule has 0 fully saturated rings. The highest BCUT2D eigenvalue weighted by Crippen LogP contribution is 2.43. The van der Waals surface area contributed by atoms with Crippen LogP contribution in [0.4, 0.5) is 0 Å². The first-order chi connectivity index (χ1) is 27.2. The summed E-state index contributed by atoms with van der Waals surface area (Å²) in [6.07, 6.45) is 44.1. The molecule has 4 N–H and O–H groups in total. The molecule has 0 heterocycles. The Balaban J connectivity index is 4.22. The highest BCUT2D eigenvalue weighted by Gasteiger charge is 2.26. The first-order valence-corrected chi connectivity index (χ1v) is 23.4. The molecule has 0 bridgehead atoms. The summed E-state index contributed by atoms with van der Waals surface area (Å²) in [7, 11) is -4.41. The number of nitrogens with two attached hydrogens (primary N) is 1. The number of phosphoric acid groups is 1. The summed E-state index contributed by atoms with van der Waals surface area (Å²) in [5.74, 6) is -0.913. The van der Waals surface area contributed by atoms with Gasteiger partial charge >= 0.3 is 19.8 Å². The van der Waals surface area contributed by atoms with Crippen LogP contribution in [0.3, 0.4) is 0 Å². The maximum absolute atomic E-state index is 12.6. The molecule has 0 aromatic rings. The largest absolute Gasteiger partial charge is 0.472 e. The number of allylic oxidation sites excluding steroid dienone is 9. The second kappa shape index (κ2) is 40.9. The van der Waals surface area contributed by atoms with Crippen LogP contribution < -0.4 is 5.73 Å². The van der Waals surface area contributed by atoms with Gasteiger partial charge in [0.15, 0.2) is 6.10 Å². The van der Waals surface area contributed by atoms with Crippen LogP contribution in [-0.2, 0) is 32.7 Å². The Morgan fingerprint density at radius 1 is 0.643 bits per heavy atom. The molecule has 0 spiro atoms. The number of aliphatic hydroxyl groups is 1. The third-order valence-corrected chi connectivity index (χ3v) is 9.98. The Kier molecular flexibility index (Phi) is 39.2. The Morgan fingerprint density at radius 2 is 1.20 bits per heavy atom. The first-order valence-electron chi connectivity index (χ1n) is 21.9. The minimum atomic E-state index is -4.41. The summed E-state index contributed by atoms with van der Waals surface area (Å²) < 4.78 is 32.7. The van der Waals surface area contributed by atoms with Crippen LogP contribution in [0.25, 0.3) is 0 Å². The zero-order valence-electron chi connectivity index (χ0n) is 35.2. The number of phosphoric ester groups is 1. The molecule has 56 heavy (non-hydrogen) atoms. The molecule has 10 nitrogen and oxygen atoms in total. The van der Waals surface area contributed by atoms with Crippen LogP contribution in [0.2, 0.25) is 0 Å². The van der Waals surface area contributed by atoms with Crippen molar-refractivity contribution in [2.75, 3.05) is 26.4 Å². The Morgan fingerprint density at radius 3 is 1.82 bits per heavy atom. The van der Waals surface area contributed by atoms with Crippen LogP contribution in [0.1, 0.15) is 174 Å². The minimum absolute atomic E-state index is 0.0342. The minimum Gasteiger partial charge on any atom is -0.462 e. The van der Waals surface area contributed by atoms with Gasteiger partial charge in [-0.15, -0.1) is 0 Å². The molecular formula is C45H80NO9P. The van der Waals surface area contributed by atoms with E-state index in [0.717, 1.165) is 70.6 Å². The van der Waals surface area contributed by atoms with Crippen molar-refractivity contribution < 1.29 is 42.7 Å². The predicted molar refractivity (Wildman–Crippen MR) is 230 cm³/mol. The monoisotopic (exact) mass is 810 g/mol. The summed E-state index contributed by atoms with van der Waals surface area (Å²) in [4.78, 5) is 34.9. The van der Waals surface area contributed by atoms with Crippen LogP contribution in [0.5, 0.6) is 0 Å². The van der Waals surface area contributed by atoms with Crippen LogP contribution >= 0.6 is 7.82 Å². The summed E-state index contributed by atoms with van der Waals surface area (Å²) in [6, 6.07) is 0. The van der Waals surface area contributed by atoms with E-state index in [1.54, 1.807) is 6.08 Å². The maximum Gasteiger partial charge on any atom is 0.472 e. The zero-order valence-corrected chi connectivity index (χ0v) is 36.1. The third-order valence-electron chi connectivity index (χ3n) is 8.99. The number of ether oxygens (including phenoxy) is 2. The van der Waals surface area contributed by atoms with E-state index < -0.39 is 38.6 Å². The lowest BCUT2D eigenvalue weighted by Crippen LogP contribution is -2.29. The average molecular weight is 810 g/mol. The molecule has 2 unspecified atom stereocenters. The third kappa shape index (κ3) is 39.9. The fraction of sp³-hybridized carbons (Fsp3) is 0.733. The van der Waals surface area contributed by atoms with Gasteiger partial charge in [0.2, 0.25) is 0 Å². The molecule has 0 aromatic heterocycles. The Hall–Kier alpha value is -2.33. The lowest BCUT2D eigenvalue weighted by molar-refractivity contribution is -0.161. The SMILES string of the molecule is CC/C=C/C/C=C/C=C/C(O)CCCCCCCC(=O)O[C@H](COC(=O)CCCCCCCCCCC/C=C\C/C=C\CCCCC)COP(=O)(O)OCCN. The van der Waals surface area contributed by atoms with E-state index in [2.05, 4.69) is 50.3 Å². The van der Waals surface area contributed by atoms with Crippen molar-refractivity contribution >= 4 is 19.8 Å². The van der Waals surface area contributed by atoms with Gasteiger partial charge in [-0.05, 0) is 64.2 Å². The second-order valence-electron chi connectivity index (χ2n) is 14.4. The van der Waals surface area contributed by atoms with E-state index >= 15 is 0 Å². The van der Waals surface area contributed by atoms with Crippen molar-refractivity contribution in [2.24, 2.45) is 5.73 Å². The quantitative estimate of drug-likeness (QED) is 0.0179. The van der Waals surface area contributed by atoms with Crippen LogP contribution in [-0.4, -0.2) is 60.5 Å². The molecule has 0 aliphatic heterocycles. The van der Waals surface area contributed by atoms with Crippen molar-refractivity contribution in [3.8, 4) is 0 Å². The first kappa shape index (κ1) is 53.7. The second-order valence-corrected chi connectivity index (χ2v) is 15.8. The zero-order chi connectivity index (χ0) is 41.2. The summed E-state index contributed by atoms with van der Waals surface area (Å²) in [5, 5.41) is 10.1. The van der Waals surface area contributed by atoms with E-state index in [1.165, 1.54) is 57.8 Å². The average Bonchev–Trinajstić information content (AvgIpc) is 3.18. The van der Waals surface area contributed by atoms with Gasteiger partial charge in [0.05, 0.1) is 19.3 Å². The van der Waals surface area contributed by atoms with Crippen molar-refractivity contribution in [2.45, 2.75) is 187 Å². The van der Waals surface area contributed by atoms with Gasteiger partial charge in [0.25, 0.3) is 0 Å². The summed E-state index contributed by atoms with van der Waals surface area (Å²) in [5.41, 5.74) is 5.34. The van der Waals surface area contributed by atoms with E-state index in [0.29, 0.717) is 19.3 Å². The normalized spacial score (nSPS) is 14.4. The fourth-order valence-corrected chi connectivity index (χ4v) is 6.50. The van der Waals surface area contributed by atoms with Crippen LogP contribution in [0.15, 0.2) is 60.8 Å². The lowest BCUT2D eigenvalue weighted by Gasteiger charge is -2.19. The van der Waals surface area contributed by atoms with E-state index in [1.807, 2.05) is 18.2 Å². The van der Waals surface area contributed by atoms with E-state index in [4.69, 9.17) is 24.3 Å². The summed E-state index contributed by atoms with van der Waals surface area (Å²) in [6.45, 7) is 3.45. The molecule has 3 atom stereocenters. The smallest absolute Gasteiger partial charge is 0.462 e. The van der Waals surface area contributed by atoms with E-state index in [9.17, 15) is 24.2 Å². The standard InChI is InChI=1S/C45H80NO9P/c1-3-5-7-9-11-12-13-14-15-16-17-18-19-20-21-22-24-28-32-36-44(48)52-40-43(41-54-56(50,51)53-39-38-46)55-45(49)37-33-29-25-27-31-35-42(47)34-30-26-23-10-8-6-4-2/h6,8,11-12,14-15,23,26,30,34,42-43,47H,3-5,7,9-10,13,16-22,24-25,27-29,31-33,35-41,46H2,1-2H3,(H,50,51)/b8-6+,12-11-,15-14-,26-23+,34-30+/t42?,43-/m1/s1. The molecule has 324 valence electrons. The number of hydrogen-bond donors (Lipinski definition) is 3. The lowest BCUT2D eigenvalue weighted by atomic mass is 10.1. The molecule has 0 aromatic carbocycles. The van der Waals surface area contributed by atoms with Crippen molar-refractivity contribution in [1.82, 2.24) is 0 Å². The number of aliphatic hydroxyl groups excluding tert-OH is 1. The maximum atomic E-state index is 12.6. The number of hydrogen-bond acceptors (Lipinski definition) is 9. The molecule has 0 saturated carbocycles. The van der Waals surface area contributed by atoms with Crippen molar-refractivity contribution in [3.05, 3.63) is 60.8 Å². The van der Waals surface area contributed by atoms with Gasteiger partial charge in [-0.25, -0.2) is 4.57 Å². The molecular weight excluding hydrogens is 729 g/mol. The molecule has 11 heteroatoms. The van der Waals surface area contributed by atoms with Gasteiger partial charge in [0, 0.05) is 19.4 Å². The Bertz CT molecular complexity index is 1120.